The molecule has 1 amide bonds. The minimum absolute atomic E-state index is 0.0916. The van der Waals surface area contributed by atoms with Gasteiger partial charge in [-0.15, -0.1) is 0 Å². The van der Waals surface area contributed by atoms with E-state index in [0.29, 0.717) is 42.9 Å². The standard InChI is InChI=1S/C13H18N2O3/c1-18-12-3-2-9(14)8-11(12)13(17)15-6-4-10(16)5-7-15/h2-3,8,10,16H,4-7,14H2,1H3. The van der Waals surface area contributed by atoms with Crippen molar-refractivity contribution in [2.45, 2.75) is 18.9 Å². The van der Waals surface area contributed by atoms with Crippen molar-refractivity contribution in [2.24, 2.45) is 0 Å². The highest BCUT2D eigenvalue weighted by Gasteiger charge is 2.24. The lowest BCUT2D eigenvalue weighted by molar-refractivity contribution is 0.0544. The molecule has 1 aromatic rings. The number of hydrogen-bond acceptors (Lipinski definition) is 4. The molecule has 1 aromatic carbocycles. The van der Waals surface area contributed by atoms with Gasteiger partial charge in [-0.05, 0) is 31.0 Å². The van der Waals surface area contributed by atoms with E-state index in [4.69, 9.17) is 10.5 Å². The number of amides is 1. The molecule has 0 aromatic heterocycles. The number of aliphatic hydroxyl groups excluding tert-OH is 1. The van der Waals surface area contributed by atoms with Gasteiger partial charge in [-0.1, -0.05) is 0 Å². The lowest BCUT2D eigenvalue weighted by Gasteiger charge is -2.30. The van der Waals surface area contributed by atoms with Crippen LogP contribution >= 0.6 is 0 Å². The van der Waals surface area contributed by atoms with Gasteiger partial charge in [0.1, 0.15) is 5.75 Å². The van der Waals surface area contributed by atoms with Crippen molar-refractivity contribution in [1.82, 2.24) is 4.90 Å². The summed E-state index contributed by atoms with van der Waals surface area (Å²) >= 11 is 0. The molecule has 0 atom stereocenters. The van der Waals surface area contributed by atoms with Crippen molar-refractivity contribution in [1.29, 1.82) is 0 Å². The van der Waals surface area contributed by atoms with E-state index in [2.05, 4.69) is 0 Å². The summed E-state index contributed by atoms with van der Waals surface area (Å²) in [5.41, 5.74) is 6.72. The van der Waals surface area contributed by atoms with Crippen LogP contribution in [-0.4, -0.2) is 42.2 Å². The number of nitrogens with zero attached hydrogens (tertiary/aromatic N) is 1. The second kappa shape index (κ2) is 5.27. The van der Waals surface area contributed by atoms with E-state index in [0.717, 1.165) is 0 Å². The summed E-state index contributed by atoms with van der Waals surface area (Å²) in [6, 6.07) is 5.03. The van der Waals surface area contributed by atoms with Crippen LogP contribution in [0.5, 0.6) is 5.75 Å². The Morgan fingerprint density at radius 2 is 2.11 bits per heavy atom. The predicted octanol–water partition coefficient (Wildman–Crippen LogP) is 0.874. The number of benzene rings is 1. The van der Waals surface area contributed by atoms with Gasteiger partial charge in [0.05, 0.1) is 18.8 Å². The first-order chi connectivity index (χ1) is 8.61. The number of piperidine rings is 1. The summed E-state index contributed by atoms with van der Waals surface area (Å²) in [5.74, 6) is 0.436. The quantitative estimate of drug-likeness (QED) is 0.764. The minimum Gasteiger partial charge on any atom is -0.496 e. The molecular weight excluding hydrogens is 232 g/mol. The molecule has 1 aliphatic heterocycles. The molecule has 1 saturated heterocycles. The van der Waals surface area contributed by atoms with Crippen LogP contribution in [0.4, 0.5) is 5.69 Å². The Hall–Kier alpha value is -1.75. The van der Waals surface area contributed by atoms with Gasteiger partial charge in [0.15, 0.2) is 0 Å². The molecule has 1 aliphatic rings. The fraction of sp³-hybridized carbons (Fsp3) is 0.462. The molecule has 0 radical (unpaired) electrons. The third kappa shape index (κ3) is 2.56. The van der Waals surface area contributed by atoms with E-state index in [1.165, 1.54) is 7.11 Å². The Kier molecular flexibility index (Phi) is 3.72. The number of rotatable bonds is 2. The molecular formula is C13H18N2O3. The number of ether oxygens (including phenoxy) is 1. The lowest BCUT2D eigenvalue weighted by atomic mass is 10.1. The molecule has 0 unspecified atom stereocenters. The number of hydrogen-bond donors (Lipinski definition) is 2. The molecule has 0 aliphatic carbocycles. The van der Waals surface area contributed by atoms with E-state index in [-0.39, 0.29) is 12.0 Å². The van der Waals surface area contributed by atoms with Crippen LogP contribution in [0.1, 0.15) is 23.2 Å². The largest absolute Gasteiger partial charge is 0.496 e. The maximum Gasteiger partial charge on any atom is 0.257 e. The number of methoxy groups -OCH3 is 1. The first-order valence-electron chi connectivity index (χ1n) is 6.02. The van der Waals surface area contributed by atoms with E-state index >= 15 is 0 Å². The van der Waals surface area contributed by atoms with Gasteiger partial charge in [0, 0.05) is 18.8 Å². The summed E-state index contributed by atoms with van der Waals surface area (Å²) in [7, 11) is 1.53. The average Bonchev–Trinajstić information content (AvgIpc) is 2.39. The molecule has 18 heavy (non-hydrogen) atoms. The second-order valence-corrected chi connectivity index (χ2v) is 4.48. The van der Waals surface area contributed by atoms with Crippen LogP contribution in [-0.2, 0) is 0 Å². The number of nitrogens with two attached hydrogens (primary N) is 1. The summed E-state index contributed by atoms with van der Waals surface area (Å²) in [6.07, 6.45) is 0.948. The molecule has 1 heterocycles. The zero-order valence-corrected chi connectivity index (χ0v) is 10.4. The van der Waals surface area contributed by atoms with Crippen molar-refractivity contribution in [3.05, 3.63) is 23.8 Å². The predicted molar refractivity (Wildman–Crippen MR) is 68.6 cm³/mol. The van der Waals surface area contributed by atoms with E-state index in [9.17, 15) is 9.90 Å². The van der Waals surface area contributed by atoms with Gasteiger partial charge >= 0.3 is 0 Å². The third-order valence-corrected chi connectivity index (χ3v) is 3.21. The average molecular weight is 250 g/mol. The van der Waals surface area contributed by atoms with Crippen molar-refractivity contribution < 1.29 is 14.6 Å². The Bertz CT molecular complexity index is 440. The molecule has 0 bridgehead atoms. The zero-order valence-electron chi connectivity index (χ0n) is 10.4. The molecule has 5 nitrogen and oxygen atoms in total. The Balaban J connectivity index is 2.20. The summed E-state index contributed by atoms with van der Waals surface area (Å²) < 4.78 is 5.18. The van der Waals surface area contributed by atoms with Gasteiger partial charge in [-0.2, -0.15) is 0 Å². The van der Waals surface area contributed by atoms with Gasteiger partial charge < -0.3 is 20.5 Å². The van der Waals surface area contributed by atoms with Crippen molar-refractivity contribution in [3.63, 3.8) is 0 Å². The first kappa shape index (κ1) is 12.7. The second-order valence-electron chi connectivity index (χ2n) is 4.48. The van der Waals surface area contributed by atoms with Crippen LogP contribution in [0.3, 0.4) is 0 Å². The lowest BCUT2D eigenvalue weighted by Crippen LogP contribution is -2.40. The number of nitrogen functional groups attached to an aromatic ring is 1. The number of anilines is 1. The Labute approximate surface area is 106 Å². The van der Waals surface area contributed by atoms with Crippen LogP contribution < -0.4 is 10.5 Å². The molecule has 1 fully saturated rings. The van der Waals surface area contributed by atoms with Crippen LogP contribution in [0.25, 0.3) is 0 Å². The van der Waals surface area contributed by atoms with Crippen LogP contribution in [0, 0.1) is 0 Å². The van der Waals surface area contributed by atoms with E-state index in [1.807, 2.05) is 0 Å². The van der Waals surface area contributed by atoms with Crippen LogP contribution in [0.15, 0.2) is 18.2 Å². The molecule has 98 valence electrons. The summed E-state index contributed by atoms with van der Waals surface area (Å²) in [5, 5.41) is 9.44. The zero-order chi connectivity index (χ0) is 13.1. The Morgan fingerprint density at radius 3 is 2.72 bits per heavy atom. The number of carbonyl (C=O) groups excluding carboxylic acids is 1. The summed E-state index contributed by atoms with van der Waals surface area (Å²) in [4.78, 5) is 14.1. The molecule has 5 heteroatoms. The number of aliphatic hydroxyl groups is 1. The molecule has 3 N–H and O–H groups in total. The molecule has 0 spiro atoms. The van der Waals surface area contributed by atoms with Gasteiger partial charge in [-0.25, -0.2) is 0 Å². The molecule has 0 saturated carbocycles. The fourth-order valence-electron chi connectivity index (χ4n) is 2.13. The number of carbonyl (C=O) groups is 1. The monoisotopic (exact) mass is 250 g/mol. The normalized spacial score (nSPS) is 16.7. The van der Waals surface area contributed by atoms with Crippen LogP contribution in [0.2, 0.25) is 0 Å². The number of likely N-dealkylation sites (tertiary alicyclic amines) is 1. The first-order valence-corrected chi connectivity index (χ1v) is 6.02. The minimum atomic E-state index is -0.295. The topological polar surface area (TPSA) is 75.8 Å². The highest BCUT2D eigenvalue weighted by Crippen LogP contribution is 2.24. The van der Waals surface area contributed by atoms with Crippen molar-refractivity contribution >= 4 is 11.6 Å². The maximum absolute atomic E-state index is 12.3. The summed E-state index contributed by atoms with van der Waals surface area (Å²) in [6.45, 7) is 1.13. The fourth-order valence-corrected chi connectivity index (χ4v) is 2.13. The smallest absolute Gasteiger partial charge is 0.257 e. The van der Waals surface area contributed by atoms with Crippen molar-refractivity contribution in [3.8, 4) is 5.75 Å². The van der Waals surface area contributed by atoms with Crippen molar-refractivity contribution in [2.75, 3.05) is 25.9 Å². The maximum atomic E-state index is 12.3. The van der Waals surface area contributed by atoms with Gasteiger partial charge in [0.2, 0.25) is 0 Å². The third-order valence-electron chi connectivity index (χ3n) is 3.21. The Morgan fingerprint density at radius 1 is 1.44 bits per heavy atom. The highest BCUT2D eigenvalue weighted by atomic mass is 16.5. The van der Waals surface area contributed by atoms with E-state index in [1.54, 1.807) is 23.1 Å². The van der Waals surface area contributed by atoms with E-state index < -0.39 is 0 Å². The van der Waals surface area contributed by atoms with Gasteiger partial charge in [0.25, 0.3) is 5.91 Å². The van der Waals surface area contributed by atoms with Gasteiger partial charge in [-0.3, -0.25) is 4.79 Å². The highest BCUT2D eigenvalue weighted by molar-refractivity contribution is 5.97. The SMILES string of the molecule is COc1ccc(N)cc1C(=O)N1CCC(O)CC1. The molecule has 2 rings (SSSR count).